The number of hydrogen-bond acceptors (Lipinski definition) is 10. The van der Waals surface area contributed by atoms with Crippen LogP contribution in [-0.4, -0.2) is 117 Å². The quantitative estimate of drug-likeness (QED) is 0.0973. The van der Waals surface area contributed by atoms with Crippen LogP contribution >= 0.6 is 0 Å². The summed E-state index contributed by atoms with van der Waals surface area (Å²) in [6.45, 7) is 8.51. The van der Waals surface area contributed by atoms with Gasteiger partial charge in [-0.05, 0) is 64.8 Å². The number of nitrogens with two attached hydrogens (primary N) is 1. The van der Waals surface area contributed by atoms with Crippen molar-refractivity contribution in [3.05, 3.63) is 0 Å². The number of carboxylic acids is 2. The molecule has 0 spiro atoms. The van der Waals surface area contributed by atoms with Crippen molar-refractivity contribution in [1.82, 2.24) is 37.2 Å². The summed E-state index contributed by atoms with van der Waals surface area (Å²) in [7, 11) is 0. The van der Waals surface area contributed by atoms with Crippen LogP contribution in [0.25, 0.3) is 0 Å². The lowest BCUT2D eigenvalue weighted by Gasteiger charge is -2.37. The fourth-order valence-corrected chi connectivity index (χ4v) is 4.68. The molecule has 0 unspecified atom stereocenters. The Morgan fingerprint density at radius 2 is 1.12 bits per heavy atom. The van der Waals surface area contributed by atoms with E-state index in [2.05, 4.69) is 44.1 Å². The lowest BCUT2D eigenvalue weighted by molar-refractivity contribution is -0.138. The molecular formula is C27H54N8O6. The molecule has 1 rings (SSSR count). The molecule has 1 aliphatic heterocycles. The average molecular weight is 587 g/mol. The molecule has 14 heteroatoms. The second-order valence-electron chi connectivity index (χ2n) is 10.9. The topological polar surface area (TPSA) is 219 Å². The van der Waals surface area contributed by atoms with Gasteiger partial charge in [-0.25, -0.2) is 0 Å². The van der Waals surface area contributed by atoms with Crippen LogP contribution in [0, 0.1) is 0 Å². The van der Waals surface area contributed by atoms with Crippen LogP contribution in [0.2, 0.25) is 0 Å². The van der Waals surface area contributed by atoms with Gasteiger partial charge in [0.05, 0.1) is 11.1 Å². The number of amides is 2. The van der Waals surface area contributed by atoms with Gasteiger partial charge in [0, 0.05) is 65.0 Å². The molecule has 1 heterocycles. The molecule has 11 N–H and O–H groups in total. The predicted molar refractivity (Wildman–Crippen MR) is 158 cm³/mol. The van der Waals surface area contributed by atoms with Gasteiger partial charge >= 0.3 is 11.9 Å². The summed E-state index contributed by atoms with van der Waals surface area (Å²) in [5, 5.41) is 41.2. The molecule has 0 aliphatic carbocycles. The van der Waals surface area contributed by atoms with E-state index in [-0.39, 0.29) is 50.5 Å². The van der Waals surface area contributed by atoms with Crippen molar-refractivity contribution in [1.29, 1.82) is 0 Å². The van der Waals surface area contributed by atoms with Crippen LogP contribution < -0.4 is 43.0 Å². The summed E-state index contributed by atoms with van der Waals surface area (Å²) < 4.78 is 0. The van der Waals surface area contributed by atoms with Gasteiger partial charge in [0.25, 0.3) is 0 Å². The van der Waals surface area contributed by atoms with Crippen molar-refractivity contribution < 1.29 is 29.4 Å². The summed E-state index contributed by atoms with van der Waals surface area (Å²) >= 11 is 0. The first-order valence-electron chi connectivity index (χ1n) is 15.0. The molecule has 238 valence electrons. The van der Waals surface area contributed by atoms with Crippen LogP contribution in [-0.2, 0) is 19.2 Å². The van der Waals surface area contributed by atoms with E-state index in [1.807, 2.05) is 0 Å². The monoisotopic (exact) mass is 586 g/mol. The number of carboxylic acid groups (broad SMARTS) is 2. The summed E-state index contributed by atoms with van der Waals surface area (Å²) in [5.74, 6) is -2.20. The molecule has 0 aromatic carbocycles. The molecule has 1 fully saturated rings. The van der Waals surface area contributed by atoms with Gasteiger partial charge in [-0.15, -0.1) is 0 Å². The Hall–Kier alpha value is -2.36. The molecule has 0 aromatic heterocycles. The third-order valence-corrected chi connectivity index (χ3v) is 6.95. The third kappa shape index (κ3) is 17.3. The van der Waals surface area contributed by atoms with E-state index < -0.39 is 23.0 Å². The first-order valence-corrected chi connectivity index (χ1v) is 15.0. The van der Waals surface area contributed by atoms with Gasteiger partial charge in [0.2, 0.25) is 11.8 Å². The highest BCUT2D eigenvalue weighted by molar-refractivity contribution is 5.78. The number of carbonyl (C=O) groups is 4. The van der Waals surface area contributed by atoms with Gasteiger partial charge in [-0.1, -0.05) is 6.92 Å². The highest BCUT2D eigenvalue weighted by Gasteiger charge is 2.32. The molecule has 14 nitrogen and oxygen atoms in total. The SMILES string of the molecule is CCCNCC1(NC(=O)CCCC(=O)O)CNCCCNCC(CN)(NC(=O)CCCC(=O)O)CNCCCNC1. The van der Waals surface area contributed by atoms with Gasteiger partial charge in [0.1, 0.15) is 0 Å². The molecule has 0 aromatic rings. The van der Waals surface area contributed by atoms with Crippen molar-refractivity contribution in [3.63, 3.8) is 0 Å². The molecule has 0 radical (unpaired) electrons. The van der Waals surface area contributed by atoms with Gasteiger partial charge in [-0.3, -0.25) is 19.2 Å². The lowest BCUT2D eigenvalue weighted by Crippen LogP contribution is -2.65. The zero-order valence-corrected chi connectivity index (χ0v) is 24.7. The zero-order valence-electron chi connectivity index (χ0n) is 24.7. The number of aliphatic carboxylic acids is 2. The molecule has 0 saturated carbocycles. The van der Waals surface area contributed by atoms with Crippen molar-refractivity contribution >= 4 is 23.8 Å². The molecule has 1 saturated heterocycles. The second-order valence-corrected chi connectivity index (χ2v) is 10.9. The van der Waals surface area contributed by atoms with E-state index in [4.69, 9.17) is 15.9 Å². The molecule has 0 bridgehead atoms. The van der Waals surface area contributed by atoms with E-state index >= 15 is 0 Å². The Labute approximate surface area is 244 Å². The minimum absolute atomic E-state index is 0.0369. The standard InChI is InChI=1S/C27H54N8O6/c1-2-11-29-19-27(35-23(37)8-4-10-25(40)41)20-32-14-5-12-30-17-26(16-28,18-31-13-6-15-33-21-27)34-22(36)7-3-9-24(38)39/h29-33H,2-21,28H2,1H3,(H,34,36)(H,35,37)(H,38,39)(H,40,41). The van der Waals surface area contributed by atoms with Crippen molar-refractivity contribution in [2.24, 2.45) is 5.73 Å². The zero-order chi connectivity index (χ0) is 30.4. The molecule has 1 aliphatic rings. The maximum absolute atomic E-state index is 12.8. The Morgan fingerprint density at radius 3 is 1.51 bits per heavy atom. The second kappa shape index (κ2) is 21.4. The molecule has 2 amide bonds. The van der Waals surface area contributed by atoms with Crippen molar-refractivity contribution in [2.75, 3.05) is 72.0 Å². The minimum atomic E-state index is -0.922. The van der Waals surface area contributed by atoms with Crippen LogP contribution in [0.5, 0.6) is 0 Å². The third-order valence-electron chi connectivity index (χ3n) is 6.95. The predicted octanol–water partition coefficient (Wildman–Crippen LogP) is -1.68. The van der Waals surface area contributed by atoms with Gasteiger partial charge in [-0.2, -0.15) is 0 Å². The number of rotatable bonds is 15. The Balaban J connectivity index is 2.80. The fraction of sp³-hybridized carbons (Fsp3) is 0.852. The summed E-state index contributed by atoms with van der Waals surface area (Å²) in [4.78, 5) is 47.0. The average Bonchev–Trinajstić information content (AvgIpc) is 2.90. The van der Waals surface area contributed by atoms with E-state index in [0.29, 0.717) is 65.3 Å². The maximum Gasteiger partial charge on any atom is 0.303 e. The Kier molecular flexibility index (Phi) is 19.1. The summed E-state index contributed by atoms with van der Waals surface area (Å²) in [5.41, 5.74) is 4.86. The Morgan fingerprint density at radius 1 is 0.707 bits per heavy atom. The number of hydrogen-bond donors (Lipinski definition) is 10. The normalized spacial score (nSPS) is 23.4. The Bertz CT molecular complexity index is 767. The van der Waals surface area contributed by atoms with E-state index in [1.54, 1.807) is 0 Å². The number of nitrogens with one attached hydrogen (secondary N) is 7. The van der Waals surface area contributed by atoms with Crippen LogP contribution in [0.4, 0.5) is 0 Å². The fourth-order valence-electron chi connectivity index (χ4n) is 4.68. The molecule has 0 atom stereocenters. The summed E-state index contributed by atoms with van der Waals surface area (Å²) in [6, 6.07) is 0. The van der Waals surface area contributed by atoms with E-state index in [9.17, 15) is 19.2 Å². The molecular weight excluding hydrogens is 532 g/mol. The summed E-state index contributed by atoms with van der Waals surface area (Å²) in [6.07, 6.45) is 3.35. The van der Waals surface area contributed by atoms with Gasteiger partial charge in [0.15, 0.2) is 0 Å². The molecule has 41 heavy (non-hydrogen) atoms. The highest BCUT2D eigenvalue weighted by Crippen LogP contribution is 2.07. The van der Waals surface area contributed by atoms with Crippen molar-refractivity contribution in [3.8, 4) is 0 Å². The first-order chi connectivity index (χ1) is 19.7. The number of carbonyl (C=O) groups excluding carboxylic acids is 2. The van der Waals surface area contributed by atoms with Crippen LogP contribution in [0.1, 0.15) is 64.7 Å². The highest BCUT2D eigenvalue weighted by atomic mass is 16.4. The minimum Gasteiger partial charge on any atom is -0.481 e. The van der Waals surface area contributed by atoms with Crippen molar-refractivity contribution in [2.45, 2.75) is 75.8 Å². The lowest BCUT2D eigenvalue weighted by atomic mass is 9.97. The van der Waals surface area contributed by atoms with E-state index in [0.717, 1.165) is 25.8 Å². The largest absolute Gasteiger partial charge is 0.481 e. The van der Waals surface area contributed by atoms with Gasteiger partial charge < -0.3 is 53.2 Å². The first kappa shape index (κ1) is 36.7. The van der Waals surface area contributed by atoms with Crippen LogP contribution in [0.15, 0.2) is 0 Å². The van der Waals surface area contributed by atoms with Crippen LogP contribution in [0.3, 0.4) is 0 Å². The maximum atomic E-state index is 12.8. The smallest absolute Gasteiger partial charge is 0.303 e. The van der Waals surface area contributed by atoms with E-state index in [1.165, 1.54) is 0 Å².